The Kier molecular flexibility index (Phi) is 10.2. The van der Waals surface area contributed by atoms with E-state index in [1.807, 2.05) is 48.2 Å². The first-order valence-corrected chi connectivity index (χ1v) is 19.1. The van der Waals surface area contributed by atoms with Crippen LogP contribution in [0.25, 0.3) is 44.6 Å². The molecule has 0 atom stereocenters. The number of pyridine rings is 1. The Hall–Kier alpha value is -6.95. The molecule has 6 N–H and O–H groups in total. The molecule has 1 aromatic carbocycles. The van der Waals surface area contributed by atoms with Crippen LogP contribution in [0.5, 0.6) is 5.75 Å². The number of amides is 3. The molecular formula is C40H43N13O5. The molecular weight excluding hydrogens is 743 g/mol. The highest BCUT2D eigenvalue weighted by atomic mass is 16.5. The van der Waals surface area contributed by atoms with Crippen molar-refractivity contribution in [1.29, 1.82) is 0 Å². The third-order valence-electron chi connectivity index (χ3n) is 10.2. The van der Waals surface area contributed by atoms with Crippen LogP contribution in [-0.4, -0.2) is 81.3 Å². The molecule has 298 valence electrons. The number of aryl methyl sites for hydroxylation is 4. The second kappa shape index (κ2) is 15.5. The number of nitrogens with zero attached hydrogens (tertiary/aromatic N) is 9. The smallest absolute Gasteiger partial charge is 0.295 e. The van der Waals surface area contributed by atoms with Crippen LogP contribution in [0.1, 0.15) is 68.8 Å². The van der Waals surface area contributed by atoms with E-state index >= 15 is 0 Å². The van der Waals surface area contributed by atoms with Gasteiger partial charge >= 0.3 is 0 Å². The largest absolute Gasteiger partial charge is 0.491 e. The molecule has 1 aliphatic heterocycles. The fraction of sp³-hybridized carbons (Fsp3) is 0.325. The van der Waals surface area contributed by atoms with E-state index in [0.29, 0.717) is 77.6 Å². The molecule has 0 saturated carbocycles. The summed E-state index contributed by atoms with van der Waals surface area (Å²) >= 11 is 0. The van der Waals surface area contributed by atoms with E-state index in [2.05, 4.69) is 30.7 Å². The van der Waals surface area contributed by atoms with Crippen LogP contribution in [0, 0.1) is 19.8 Å². The molecule has 0 radical (unpaired) electrons. The minimum atomic E-state index is -0.655. The van der Waals surface area contributed by atoms with Gasteiger partial charge in [0.15, 0.2) is 17.4 Å². The number of carbonyl (C=O) groups excluding carboxylic acids is 3. The number of hydrogen-bond donors (Lipinski definition) is 4. The van der Waals surface area contributed by atoms with Crippen molar-refractivity contribution in [3.63, 3.8) is 0 Å². The van der Waals surface area contributed by atoms with Crippen molar-refractivity contribution >= 4 is 56.8 Å². The van der Waals surface area contributed by atoms with E-state index in [0.717, 1.165) is 47.2 Å². The van der Waals surface area contributed by atoms with Crippen molar-refractivity contribution in [1.82, 2.24) is 49.2 Å². The Morgan fingerprint density at radius 2 is 1.71 bits per heavy atom. The maximum Gasteiger partial charge on any atom is 0.295 e. The molecule has 1 fully saturated rings. The second-order valence-electron chi connectivity index (χ2n) is 14.2. The fourth-order valence-corrected chi connectivity index (χ4v) is 7.19. The van der Waals surface area contributed by atoms with Crippen molar-refractivity contribution < 1.29 is 23.5 Å². The molecule has 18 nitrogen and oxygen atoms in total. The van der Waals surface area contributed by atoms with Crippen molar-refractivity contribution in [2.24, 2.45) is 17.4 Å². The number of hydrogen-bond acceptors (Lipinski definition) is 12. The number of carbonyl (C=O) groups is 3. The summed E-state index contributed by atoms with van der Waals surface area (Å²) in [6.07, 6.45) is 8.34. The summed E-state index contributed by atoms with van der Waals surface area (Å²) in [4.78, 5) is 61.3. The van der Waals surface area contributed by atoms with Gasteiger partial charge in [-0.15, -0.1) is 0 Å². The molecule has 0 spiro atoms. The first-order valence-electron chi connectivity index (χ1n) is 19.1. The lowest BCUT2D eigenvalue weighted by molar-refractivity contribution is 0.0987. The van der Waals surface area contributed by atoms with Crippen LogP contribution < -0.4 is 26.8 Å². The van der Waals surface area contributed by atoms with E-state index in [4.69, 9.17) is 30.6 Å². The molecule has 0 aliphatic carbocycles. The molecule has 18 heteroatoms. The van der Waals surface area contributed by atoms with Crippen LogP contribution in [0.2, 0.25) is 0 Å². The highest BCUT2D eigenvalue weighted by Gasteiger charge is 2.24. The van der Waals surface area contributed by atoms with Crippen LogP contribution in [0.3, 0.4) is 0 Å². The van der Waals surface area contributed by atoms with E-state index in [9.17, 15) is 14.4 Å². The van der Waals surface area contributed by atoms with Gasteiger partial charge in [-0.25, -0.2) is 24.9 Å². The van der Waals surface area contributed by atoms with Crippen molar-refractivity contribution in [2.75, 3.05) is 25.0 Å². The first kappa shape index (κ1) is 37.9. The number of nitrogens with one attached hydrogen (secondary N) is 2. The third kappa shape index (κ3) is 7.13. The second-order valence-corrected chi connectivity index (χ2v) is 14.2. The molecule has 6 aromatic heterocycles. The number of fused-ring (bicyclic) bond motifs is 4. The van der Waals surface area contributed by atoms with Gasteiger partial charge in [0.05, 0.1) is 29.1 Å². The van der Waals surface area contributed by atoms with Gasteiger partial charge in [-0.3, -0.25) is 28.9 Å². The van der Waals surface area contributed by atoms with Gasteiger partial charge in [-0.05, 0) is 70.0 Å². The number of rotatable bonds is 15. The summed E-state index contributed by atoms with van der Waals surface area (Å²) in [7, 11) is 0. The van der Waals surface area contributed by atoms with E-state index in [1.165, 1.54) is 12.3 Å². The number of nitrogens with two attached hydrogens (primary N) is 2. The summed E-state index contributed by atoms with van der Waals surface area (Å²) in [5.41, 5.74) is 16.1. The average molecular weight is 786 g/mol. The molecule has 8 rings (SSSR count). The van der Waals surface area contributed by atoms with Gasteiger partial charge in [-0.2, -0.15) is 5.10 Å². The van der Waals surface area contributed by atoms with Gasteiger partial charge in [0.25, 0.3) is 5.91 Å². The molecule has 7 heterocycles. The number of ether oxygens (including phenoxy) is 1. The van der Waals surface area contributed by atoms with Gasteiger partial charge in [-0.1, -0.05) is 19.1 Å². The summed E-state index contributed by atoms with van der Waals surface area (Å²) in [5, 5.41) is 12.2. The van der Waals surface area contributed by atoms with Crippen LogP contribution in [0.15, 0.2) is 53.2 Å². The predicted molar refractivity (Wildman–Crippen MR) is 215 cm³/mol. The van der Waals surface area contributed by atoms with Crippen LogP contribution in [0.4, 0.5) is 5.95 Å². The first-order chi connectivity index (χ1) is 28.0. The highest BCUT2D eigenvalue weighted by Crippen LogP contribution is 2.37. The predicted octanol–water partition coefficient (Wildman–Crippen LogP) is 4.07. The quantitative estimate of drug-likeness (QED) is 0.108. The summed E-state index contributed by atoms with van der Waals surface area (Å²) in [6.45, 7) is 11.0. The Labute approximate surface area is 331 Å². The fourth-order valence-electron chi connectivity index (χ4n) is 7.19. The maximum atomic E-state index is 13.5. The minimum Gasteiger partial charge on any atom is -0.491 e. The summed E-state index contributed by atoms with van der Waals surface area (Å²) < 4.78 is 17.7. The zero-order valence-electron chi connectivity index (χ0n) is 32.6. The molecule has 0 bridgehead atoms. The molecule has 0 unspecified atom stereocenters. The highest BCUT2D eigenvalue weighted by molar-refractivity contribution is 6.12. The molecule has 1 aliphatic rings. The topological polar surface area (TPSA) is 242 Å². The number of allylic oxidation sites excluding steroid dienone is 2. The van der Waals surface area contributed by atoms with E-state index < -0.39 is 17.7 Å². The molecule has 58 heavy (non-hydrogen) atoms. The standard InChI is InChI=1S/C40H43N13O5/c1-5-28-33(58-22(4)46-28)39(56)49-40-47-29-15-25(35(42)55)19-45-38(29)52(40)11-8-7-10-51-32-26(14-24(34(41)54)16-31(32)57-12-9-23-17-43-18-23)27-20-44-36(48-37(27)51)30-13-21(3)50-53(30)6-2/h7-8,13-16,19-20,23,43H,5-6,9-12,17-18H2,1-4H3,(H2,41,54)(H2,42,55)(H,47,49,56)/b8-7+. The van der Waals surface area contributed by atoms with Crippen molar-refractivity contribution in [2.45, 2.75) is 60.2 Å². The van der Waals surface area contributed by atoms with E-state index in [1.54, 1.807) is 29.8 Å². The molecule has 1 saturated heterocycles. The summed E-state index contributed by atoms with van der Waals surface area (Å²) in [6, 6.07) is 6.92. The molecule has 7 aromatic rings. The van der Waals surface area contributed by atoms with Gasteiger partial charge in [0.1, 0.15) is 22.6 Å². The SMILES string of the molecule is CCc1nc(C)oc1C(=O)Nc1nc2cc(C(N)=O)cnc2n1C/C=C/Cn1c2nc(-c3cc(C)nn3CC)ncc2c2cc(C(N)=O)cc(OCCC3CNC3)c21. The Morgan fingerprint density at radius 3 is 2.41 bits per heavy atom. The summed E-state index contributed by atoms with van der Waals surface area (Å²) in [5.74, 6) is 0.413. The lowest BCUT2D eigenvalue weighted by atomic mass is 10.0. The minimum absolute atomic E-state index is 0.0895. The number of imidazole rings is 1. The number of oxazole rings is 1. The van der Waals surface area contributed by atoms with Gasteiger partial charge in [0, 0.05) is 55.3 Å². The Balaban J connectivity index is 1.19. The van der Waals surface area contributed by atoms with Crippen molar-refractivity contribution in [3.8, 4) is 17.3 Å². The number of benzene rings is 1. The zero-order chi connectivity index (χ0) is 40.7. The Bertz CT molecular complexity index is 2770. The van der Waals surface area contributed by atoms with Gasteiger partial charge in [0.2, 0.25) is 23.5 Å². The third-order valence-corrected chi connectivity index (χ3v) is 10.2. The average Bonchev–Trinajstić information content (AvgIpc) is 3.94. The van der Waals surface area contributed by atoms with Gasteiger partial charge < -0.3 is 30.5 Å². The normalized spacial score (nSPS) is 13.2. The van der Waals surface area contributed by atoms with Crippen molar-refractivity contribution in [3.05, 3.63) is 83.0 Å². The number of aromatic nitrogens is 9. The monoisotopic (exact) mass is 785 g/mol. The number of primary amides is 2. The van der Waals surface area contributed by atoms with E-state index in [-0.39, 0.29) is 23.8 Å². The van der Waals surface area contributed by atoms with Crippen LogP contribution in [-0.2, 0) is 26.1 Å². The zero-order valence-corrected chi connectivity index (χ0v) is 32.6. The van der Waals surface area contributed by atoms with Crippen LogP contribution >= 0.6 is 0 Å². The lowest BCUT2D eigenvalue weighted by Gasteiger charge is -2.26. The lowest BCUT2D eigenvalue weighted by Crippen LogP contribution is -2.42. The Morgan fingerprint density at radius 1 is 0.931 bits per heavy atom. The maximum absolute atomic E-state index is 13.5. The molecule has 3 amide bonds. The number of anilines is 1.